The maximum absolute atomic E-state index is 12.6. The topological polar surface area (TPSA) is 145 Å². The van der Waals surface area contributed by atoms with Crippen LogP contribution in [0.2, 0.25) is 0 Å². The van der Waals surface area contributed by atoms with Crippen LogP contribution in [0.25, 0.3) is 10.9 Å². The highest BCUT2D eigenvalue weighted by molar-refractivity contribution is 7.89. The summed E-state index contributed by atoms with van der Waals surface area (Å²) in [6, 6.07) is 12.3. The number of aliphatic hydroxyl groups excluding tert-OH is 1. The van der Waals surface area contributed by atoms with E-state index in [1.807, 2.05) is 6.92 Å². The Hall–Kier alpha value is -3.28. The highest BCUT2D eigenvalue weighted by atomic mass is 32.2. The highest BCUT2D eigenvalue weighted by Crippen LogP contribution is 2.28. The Morgan fingerprint density at radius 3 is 2.55 bits per heavy atom. The second-order valence-corrected chi connectivity index (χ2v) is 9.01. The number of nitrogens with one attached hydrogen (secondary N) is 2. The summed E-state index contributed by atoms with van der Waals surface area (Å²) in [6.45, 7) is 1.92. The minimum Gasteiger partial charge on any atom is -0.480 e. The van der Waals surface area contributed by atoms with Gasteiger partial charge in [-0.05, 0) is 31.2 Å². The number of carboxylic acid groups (broad SMARTS) is 1. The lowest BCUT2D eigenvalue weighted by atomic mass is 10.2. The van der Waals surface area contributed by atoms with Crippen molar-refractivity contribution in [3.63, 3.8) is 0 Å². The lowest BCUT2D eigenvalue weighted by molar-refractivity contribution is -0.138. The van der Waals surface area contributed by atoms with Crippen LogP contribution in [-0.2, 0) is 14.8 Å². The van der Waals surface area contributed by atoms with E-state index in [4.69, 9.17) is 0 Å². The van der Waals surface area contributed by atoms with E-state index in [-0.39, 0.29) is 29.6 Å². The predicted octanol–water partition coefficient (Wildman–Crippen LogP) is 1.27. The van der Waals surface area contributed by atoms with Crippen molar-refractivity contribution < 1.29 is 23.4 Å². The molecule has 10 nitrogen and oxygen atoms in total. The molecule has 1 aliphatic rings. The van der Waals surface area contributed by atoms with Gasteiger partial charge in [-0.1, -0.05) is 29.8 Å². The molecule has 0 aliphatic carbocycles. The number of hydrazine groups is 1. The largest absolute Gasteiger partial charge is 0.480 e. The minimum absolute atomic E-state index is 0.0499. The molecule has 3 aromatic rings. The van der Waals surface area contributed by atoms with Crippen LogP contribution in [0.15, 0.2) is 53.4 Å². The Kier molecular flexibility index (Phi) is 5.48. The van der Waals surface area contributed by atoms with Crippen LogP contribution in [0.1, 0.15) is 12.0 Å². The number of benzene rings is 2. The van der Waals surface area contributed by atoms with Crippen molar-refractivity contribution in [1.29, 1.82) is 0 Å². The molecule has 31 heavy (non-hydrogen) atoms. The minimum atomic E-state index is -3.88. The number of aliphatic hydroxyl groups is 1. The van der Waals surface area contributed by atoms with Gasteiger partial charge in [-0.2, -0.15) is 4.98 Å². The van der Waals surface area contributed by atoms with E-state index in [0.717, 1.165) is 5.56 Å². The van der Waals surface area contributed by atoms with E-state index in [0.29, 0.717) is 10.9 Å². The van der Waals surface area contributed by atoms with Crippen molar-refractivity contribution in [2.24, 2.45) is 0 Å². The molecule has 0 radical (unpaired) electrons. The molecular weight excluding hydrogens is 422 g/mol. The van der Waals surface area contributed by atoms with Gasteiger partial charge >= 0.3 is 5.97 Å². The second-order valence-electron chi connectivity index (χ2n) is 7.33. The number of β-amino-alcohol motifs (C(OH)–C–C–N with tert-alkyl or cyclic N) is 1. The number of fused-ring (bicyclic) bond motifs is 1. The van der Waals surface area contributed by atoms with Gasteiger partial charge < -0.3 is 15.1 Å². The van der Waals surface area contributed by atoms with Crippen LogP contribution in [0.3, 0.4) is 0 Å². The third-order valence-electron chi connectivity index (χ3n) is 5.05. The third-order valence-corrected chi connectivity index (χ3v) is 6.31. The van der Waals surface area contributed by atoms with Gasteiger partial charge in [0.05, 0.1) is 16.5 Å². The van der Waals surface area contributed by atoms with Crippen molar-refractivity contribution in [3.8, 4) is 0 Å². The molecule has 1 fully saturated rings. The van der Waals surface area contributed by atoms with Crippen LogP contribution in [0, 0.1) is 6.92 Å². The summed E-state index contributed by atoms with van der Waals surface area (Å²) in [5.74, 6) is -0.843. The first-order chi connectivity index (χ1) is 14.7. The first-order valence-corrected chi connectivity index (χ1v) is 11.0. The van der Waals surface area contributed by atoms with Crippen LogP contribution in [-0.4, -0.2) is 53.3 Å². The summed E-state index contributed by atoms with van der Waals surface area (Å²) in [6.07, 6.45) is -0.776. The maximum atomic E-state index is 12.6. The van der Waals surface area contributed by atoms with Gasteiger partial charge in [-0.25, -0.2) is 18.2 Å². The summed E-state index contributed by atoms with van der Waals surface area (Å²) in [4.78, 5) is 24.2. The fourth-order valence-electron chi connectivity index (χ4n) is 3.45. The molecule has 1 aliphatic heterocycles. The molecular formula is C20H21N5O5S. The number of sulfonamides is 1. The van der Waals surface area contributed by atoms with Gasteiger partial charge in [0.15, 0.2) is 5.82 Å². The lowest BCUT2D eigenvalue weighted by Gasteiger charge is -2.22. The molecule has 2 heterocycles. The van der Waals surface area contributed by atoms with E-state index in [1.165, 1.54) is 17.0 Å². The first kappa shape index (κ1) is 21.0. The molecule has 11 heteroatoms. The molecule has 2 aromatic carbocycles. The first-order valence-electron chi connectivity index (χ1n) is 9.53. The number of rotatable bonds is 6. The van der Waals surface area contributed by atoms with E-state index < -0.39 is 28.1 Å². The van der Waals surface area contributed by atoms with Crippen molar-refractivity contribution >= 4 is 38.7 Å². The number of nitrogens with zero attached hydrogens (tertiary/aromatic N) is 3. The highest BCUT2D eigenvalue weighted by Gasteiger charge is 2.38. The average molecular weight is 443 g/mol. The van der Waals surface area contributed by atoms with Crippen molar-refractivity contribution in [1.82, 2.24) is 14.8 Å². The molecule has 0 amide bonds. The molecule has 162 valence electrons. The molecule has 2 unspecified atom stereocenters. The SMILES string of the molecule is Cc1ccc(S(=O)(=O)NNc2nc(N3CC(O)CC3C(=O)O)nc3ccccc23)cc1. The van der Waals surface area contributed by atoms with E-state index in [9.17, 15) is 23.4 Å². The smallest absolute Gasteiger partial charge is 0.326 e. The monoisotopic (exact) mass is 443 g/mol. The van der Waals surface area contributed by atoms with Gasteiger partial charge in [-0.3, -0.25) is 5.43 Å². The van der Waals surface area contributed by atoms with Gasteiger partial charge in [0.2, 0.25) is 5.95 Å². The Labute approximate surface area is 178 Å². The molecule has 0 saturated carbocycles. The Morgan fingerprint density at radius 1 is 1.13 bits per heavy atom. The van der Waals surface area contributed by atoms with Gasteiger partial charge in [-0.15, -0.1) is 4.83 Å². The fourth-order valence-corrected chi connectivity index (χ4v) is 4.29. The van der Waals surface area contributed by atoms with Crippen molar-refractivity contribution in [2.45, 2.75) is 30.4 Å². The quantitative estimate of drug-likeness (QED) is 0.414. The van der Waals surface area contributed by atoms with E-state index in [2.05, 4.69) is 20.2 Å². The standard InChI is InChI=1S/C20H21N5O5S/c1-12-6-8-14(9-7-12)31(29,30)24-23-18-15-4-2-3-5-16(15)21-20(22-18)25-11-13(26)10-17(25)19(27)28/h2-9,13,17,24,26H,10-11H2,1H3,(H,27,28)(H,21,22,23). The van der Waals surface area contributed by atoms with Crippen LogP contribution >= 0.6 is 0 Å². The summed E-state index contributed by atoms with van der Waals surface area (Å²) >= 11 is 0. The number of aryl methyl sites for hydroxylation is 1. The molecule has 0 spiro atoms. The van der Waals surface area contributed by atoms with Gasteiger partial charge in [0.25, 0.3) is 10.0 Å². The number of carboxylic acids is 1. The van der Waals surface area contributed by atoms with E-state index >= 15 is 0 Å². The van der Waals surface area contributed by atoms with Gasteiger partial charge in [0.1, 0.15) is 6.04 Å². The lowest BCUT2D eigenvalue weighted by Crippen LogP contribution is -2.37. The van der Waals surface area contributed by atoms with Gasteiger partial charge in [0, 0.05) is 18.4 Å². The summed E-state index contributed by atoms with van der Waals surface area (Å²) < 4.78 is 25.3. The third kappa shape index (κ3) is 4.29. The van der Waals surface area contributed by atoms with Crippen molar-refractivity contribution in [2.75, 3.05) is 16.9 Å². The normalized spacial score (nSPS) is 19.0. The van der Waals surface area contributed by atoms with E-state index in [1.54, 1.807) is 36.4 Å². The number of aromatic nitrogens is 2. The Balaban J connectivity index is 1.69. The zero-order chi connectivity index (χ0) is 22.2. The number of anilines is 2. The zero-order valence-electron chi connectivity index (χ0n) is 16.6. The van der Waals surface area contributed by atoms with Crippen LogP contribution in [0.4, 0.5) is 11.8 Å². The Bertz CT molecular complexity index is 1230. The fraction of sp³-hybridized carbons (Fsp3) is 0.250. The summed E-state index contributed by atoms with van der Waals surface area (Å²) in [7, 11) is -3.88. The number of para-hydroxylation sites is 1. The number of aliphatic carboxylic acids is 1. The zero-order valence-corrected chi connectivity index (χ0v) is 17.4. The van der Waals surface area contributed by atoms with Crippen LogP contribution in [0.5, 0.6) is 0 Å². The maximum Gasteiger partial charge on any atom is 0.326 e. The van der Waals surface area contributed by atoms with Crippen molar-refractivity contribution in [3.05, 3.63) is 54.1 Å². The number of carbonyl (C=O) groups is 1. The summed E-state index contributed by atoms with van der Waals surface area (Å²) in [5.41, 5.74) is 4.06. The Morgan fingerprint density at radius 2 is 1.84 bits per heavy atom. The molecule has 2 atom stereocenters. The molecule has 4 rings (SSSR count). The second kappa shape index (κ2) is 8.10. The average Bonchev–Trinajstić information content (AvgIpc) is 3.14. The summed E-state index contributed by atoms with van der Waals surface area (Å²) in [5, 5.41) is 20.0. The molecule has 1 saturated heterocycles. The van der Waals surface area contributed by atoms with Crippen LogP contribution < -0.4 is 15.2 Å². The number of hydrogen-bond acceptors (Lipinski definition) is 8. The number of hydrogen-bond donors (Lipinski definition) is 4. The molecule has 1 aromatic heterocycles. The predicted molar refractivity (Wildman–Crippen MR) is 114 cm³/mol. The molecule has 4 N–H and O–H groups in total. The molecule has 0 bridgehead atoms.